The first kappa shape index (κ1) is 12.1. The number of hydrogen-bond acceptors (Lipinski definition) is 2. The average Bonchev–Trinajstić information content (AvgIpc) is 2.31. The average molecular weight is 268 g/mol. The molecule has 0 saturated heterocycles. The van der Waals surface area contributed by atoms with Crippen molar-refractivity contribution in [2.24, 2.45) is 0 Å². The van der Waals surface area contributed by atoms with Crippen LogP contribution in [-0.4, -0.2) is 0 Å². The van der Waals surface area contributed by atoms with E-state index >= 15 is 0 Å². The number of nitrogen functional groups attached to an aromatic ring is 1. The number of halogens is 2. The van der Waals surface area contributed by atoms with Crippen LogP contribution in [0.5, 0.6) is 5.75 Å². The van der Waals surface area contributed by atoms with Gasteiger partial charge in [-0.05, 0) is 18.2 Å². The van der Waals surface area contributed by atoms with Crippen molar-refractivity contribution in [2.75, 3.05) is 5.73 Å². The smallest absolute Gasteiger partial charge is 0.121 e. The topological polar surface area (TPSA) is 35.2 Å². The maximum Gasteiger partial charge on any atom is 0.121 e. The van der Waals surface area contributed by atoms with Crippen LogP contribution in [0.3, 0.4) is 0 Å². The SMILES string of the molecule is Nc1cccc(OCc2cccc(Cl)c2Cl)c1. The van der Waals surface area contributed by atoms with Crippen LogP contribution in [0.25, 0.3) is 0 Å². The summed E-state index contributed by atoms with van der Waals surface area (Å²) < 4.78 is 5.59. The molecule has 0 aliphatic heterocycles. The van der Waals surface area contributed by atoms with Gasteiger partial charge in [0.25, 0.3) is 0 Å². The molecule has 0 heterocycles. The highest BCUT2D eigenvalue weighted by molar-refractivity contribution is 6.42. The van der Waals surface area contributed by atoms with Crippen molar-refractivity contribution < 1.29 is 4.74 Å². The van der Waals surface area contributed by atoms with Gasteiger partial charge in [0.15, 0.2) is 0 Å². The van der Waals surface area contributed by atoms with Gasteiger partial charge in [0, 0.05) is 17.3 Å². The molecule has 2 nitrogen and oxygen atoms in total. The van der Waals surface area contributed by atoms with E-state index in [0.29, 0.717) is 28.1 Å². The normalized spacial score (nSPS) is 10.2. The number of nitrogens with two attached hydrogens (primary N) is 1. The molecular formula is C13H11Cl2NO. The van der Waals surface area contributed by atoms with Crippen LogP contribution in [0.2, 0.25) is 10.0 Å². The van der Waals surface area contributed by atoms with E-state index in [1.807, 2.05) is 24.3 Å². The summed E-state index contributed by atoms with van der Waals surface area (Å²) in [6.45, 7) is 0.364. The lowest BCUT2D eigenvalue weighted by Crippen LogP contribution is -1.97. The zero-order chi connectivity index (χ0) is 12.3. The predicted molar refractivity (Wildman–Crippen MR) is 71.6 cm³/mol. The van der Waals surface area contributed by atoms with Crippen molar-refractivity contribution in [3.63, 3.8) is 0 Å². The minimum atomic E-state index is 0.364. The first-order chi connectivity index (χ1) is 8.16. The van der Waals surface area contributed by atoms with Gasteiger partial charge in [-0.15, -0.1) is 0 Å². The van der Waals surface area contributed by atoms with Gasteiger partial charge in [-0.3, -0.25) is 0 Å². The lowest BCUT2D eigenvalue weighted by molar-refractivity contribution is 0.306. The molecule has 2 aromatic rings. The summed E-state index contributed by atoms with van der Waals surface area (Å²) in [7, 11) is 0. The predicted octanol–water partition coefficient (Wildman–Crippen LogP) is 4.15. The number of anilines is 1. The first-order valence-corrected chi connectivity index (χ1v) is 5.83. The Kier molecular flexibility index (Phi) is 3.77. The molecule has 0 aliphatic rings. The molecule has 0 bridgehead atoms. The molecule has 0 atom stereocenters. The van der Waals surface area contributed by atoms with E-state index in [0.717, 1.165) is 5.56 Å². The standard InChI is InChI=1S/C13H11Cl2NO/c14-12-6-1-3-9(13(12)15)8-17-11-5-2-4-10(16)7-11/h1-7H,8,16H2. The van der Waals surface area contributed by atoms with Crippen molar-refractivity contribution in [1.82, 2.24) is 0 Å². The van der Waals surface area contributed by atoms with Gasteiger partial charge in [-0.2, -0.15) is 0 Å². The monoisotopic (exact) mass is 267 g/mol. The molecule has 17 heavy (non-hydrogen) atoms. The third-order valence-corrected chi connectivity index (χ3v) is 3.14. The van der Waals surface area contributed by atoms with Crippen LogP contribution in [-0.2, 0) is 6.61 Å². The molecular weight excluding hydrogens is 257 g/mol. The Balaban J connectivity index is 2.10. The molecule has 0 aliphatic carbocycles. The van der Waals surface area contributed by atoms with Crippen molar-refractivity contribution in [2.45, 2.75) is 6.61 Å². The minimum absolute atomic E-state index is 0.364. The van der Waals surface area contributed by atoms with Crippen LogP contribution < -0.4 is 10.5 Å². The Morgan fingerprint density at radius 2 is 1.82 bits per heavy atom. The Morgan fingerprint density at radius 1 is 1.06 bits per heavy atom. The second-order valence-electron chi connectivity index (χ2n) is 3.57. The minimum Gasteiger partial charge on any atom is -0.489 e. The molecule has 2 rings (SSSR count). The van der Waals surface area contributed by atoms with Crippen LogP contribution >= 0.6 is 23.2 Å². The van der Waals surface area contributed by atoms with Gasteiger partial charge in [0.1, 0.15) is 12.4 Å². The second kappa shape index (κ2) is 5.30. The van der Waals surface area contributed by atoms with Crippen molar-refractivity contribution >= 4 is 28.9 Å². The van der Waals surface area contributed by atoms with E-state index < -0.39 is 0 Å². The molecule has 4 heteroatoms. The fourth-order valence-corrected chi connectivity index (χ4v) is 1.80. The van der Waals surface area contributed by atoms with E-state index in [9.17, 15) is 0 Å². The van der Waals surface area contributed by atoms with E-state index in [1.54, 1.807) is 18.2 Å². The highest BCUT2D eigenvalue weighted by Crippen LogP contribution is 2.26. The first-order valence-electron chi connectivity index (χ1n) is 5.08. The maximum atomic E-state index is 6.05. The summed E-state index contributed by atoms with van der Waals surface area (Å²) in [6, 6.07) is 12.7. The third kappa shape index (κ3) is 3.05. The summed E-state index contributed by atoms with van der Waals surface area (Å²) in [4.78, 5) is 0. The second-order valence-corrected chi connectivity index (χ2v) is 4.36. The van der Waals surface area contributed by atoms with Crippen molar-refractivity contribution in [3.05, 3.63) is 58.1 Å². The Hall–Kier alpha value is -1.38. The van der Waals surface area contributed by atoms with Gasteiger partial charge in [0.05, 0.1) is 10.0 Å². The zero-order valence-corrected chi connectivity index (χ0v) is 10.5. The molecule has 0 spiro atoms. The van der Waals surface area contributed by atoms with Crippen molar-refractivity contribution in [3.8, 4) is 5.75 Å². The number of hydrogen-bond donors (Lipinski definition) is 1. The Labute approximate surface area is 110 Å². The molecule has 0 fully saturated rings. The highest BCUT2D eigenvalue weighted by Gasteiger charge is 2.04. The molecule has 2 N–H and O–H groups in total. The molecule has 88 valence electrons. The van der Waals surface area contributed by atoms with Crippen LogP contribution in [0.4, 0.5) is 5.69 Å². The van der Waals surface area contributed by atoms with Crippen molar-refractivity contribution in [1.29, 1.82) is 0 Å². The van der Waals surface area contributed by atoms with Crippen LogP contribution in [0, 0.1) is 0 Å². The van der Waals surface area contributed by atoms with Gasteiger partial charge < -0.3 is 10.5 Å². The summed E-state index contributed by atoms with van der Waals surface area (Å²) in [5, 5.41) is 1.05. The molecule has 0 aromatic heterocycles. The van der Waals surface area contributed by atoms with Crippen LogP contribution in [0.15, 0.2) is 42.5 Å². The Morgan fingerprint density at radius 3 is 2.59 bits per heavy atom. The quantitative estimate of drug-likeness (QED) is 0.848. The largest absolute Gasteiger partial charge is 0.489 e. The van der Waals surface area contributed by atoms with Gasteiger partial charge in [0.2, 0.25) is 0 Å². The molecule has 0 saturated carbocycles. The summed E-state index contributed by atoms with van der Waals surface area (Å²) in [6.07, 6.45) is 0. The van der Waals surface area contributed by atoms with Gasteiger partial charge in [-0.25, -0.2) is 0 Å². The Bertz CT molecular complexity index is 529. The lowest BCUT2D eigenvalue weighted by atomic mass is 10.2. The van der Waals surface area contributed by atoms with Gasteiger partial charge >= 0.3 is 0 Å². The lowest BCUT2D eigenvalue weighted by Gasteiger charge is -2.08. The summed E-state index contributed by atoms with van der Waals surface area (Å²) in [5.41, 5.74) is 7.17. The highest BCUT2D eigenvalue weighted by atomic mass is 35.5. The number of rotatable bonds is 3. The molecule has 0 radical (unpaired) electrons. The zero-order valence-electron chi connectivity index (χ0n) is 8.99. The summed E-state index contributed by atoms with van der Waals surface area (Å²) >= 11 is 12.0. The maximum absolute atomic E-state index is 6.05. The van der Waals surface area contributed by atoms with E-state index in [2.05, 4.69) is 0 Å². The number of ether oxygens (including phenoxy) is 1. The van der Waals surface area contributed by atoms with E-state index in [1.165, 1.54) is 0 Å². The third-order valence-electron chi connectivity index (χ3n) is 2.28. The van der Waals surface area contributed by atoms with Gasteiger partial charge in [-0.1, -0.05) is 41.4 Å². The molecule has 2 aromatic carbocycles. The number of benzene rings is 2. The van der Waals surface area contributed by atoms with E-state index in [-0.39, 0.29) is 0 Å². The molecule has 0 unspecified atom stereocenters. The fraction of sp³-hybridized carbons (Fsp3) is 0.0769. The fourth-order valence-electron chi connectivity index (χ4n) is 1.43. The van der Waals surface area contributed by atoms with E-state index in [4.69, 9.17) is 33.7 Å². The van der Waals surface area contributed by atoms with Crippen LogP contribution in [0.1, 0.15) is 5.56 Å². The molecule has 0 amide bonds. The summed E-state index contributed by atoms with van der Waals surface area (Å²) in [5.74, 6) is 0.709.